The first-order chi connectivity index (χ1) is 14.6. The van der Waals surface area contributed by atoms with Crippen molar-refractivity contribution in [3.05, 3.63) is 46.5 Å². The normalized spacial score (nSPS) is 15.7. The summed E-state index contributed by atoms with van der Waals surface area (Å²) in [5.74, 6) is 1.75. The Labute approximate surface area is 182 Å². The van der Waals surface area contributed by atoms with Gasteiger partial charge in [-0.1, -0.05) is 62.1 Å². The summed E-state index contributed by atoms with van der Waals surface area (Å²) in [4.78, 5) is 4.52. The highest BCUT2D eigenvalue weighted by atomic mass is 35.5. The quantitative estimate of drug-likeness (QED) is 0.559. The lowest BCUT2D eigenvalue weighted by atomic mass is 10.0. The van der Waals surface area contributed by atoms with Crippen molar-refractivity contribution in [2.75, 3.05) is 0 Å². The molecule has 0 aliphatic heterocycles. The van der Waals surface area contributed by atoms with Crippen molar-refractivity contribution in [3.63, 3.8) is 0 Å². The van der Waals surface area contributed by atoms with Crippen molar-refractivity contribution in [2.24, 2.45) is 0 Å². The third-order valence-corrected chi connectivity index (χ3v) is 6.44. The zero-order valence-electron chi connectivity index (χ0n) is 17.6. The summed E-state index contributed by atoms with van der Waals surface area (Å²) < 4.78 is 4.06. The van der Waals surface area contributed by atoms with Gasteiger partial charge >= 0.3 is 0 Å². The maximum Gasteiger partial charge on any atom is 0.182 e. The van der Waals surface area contributed by atoms with E-state index in [9.17, 15) is 5.11 Å². The average Bonchev–Trinajstić information content (AvgIpc) is 3.51. The average molecular weight is 429 g/mol. The van der Waals surface area contributed by atoms with Gasteiger partial charge in [-0.05, 0) is 42.2 Å². The second kappa shape index (κ2) is 9.27. The zero-order valence-corrected chi connectivity index (χ0v) is 18.4. The van der Waals surface area contributed by atoms with E-state index in [-0.39, 0.29) is 12.6 Å². The van der Waals surface area contributed by atoms with Gasteiger partial charge < -0.3 is 9.67 Å². The molecule has 1 N–H and O–H groups in total. The van der Waals surface area contributed by atoms with Crippen molar-refractivity contribution in [1.29, 1.82) is 0 Å². The van der Waals surface area contributed by atoms with E-state index < -0.39 is 0 Å². The number of nitrogens with zero attached hydrogens (tertiary/aromatic N) is 6. The van der Waals surface area contributed by atoms with Gasteiger partial charge in [0.15, 0.2) is 11.0 Å². The van der Waals surface area contributed by atoms with Gasteiger partial charge in [-0.3, -0.25) is 0 Å². The van der Waals surface area contributed by atoms with Crippen LogP contribution in [0.5, 0.6) is 0 Å². The maximum atomic E-state index is 9.87. The Morgan fingerprint density at radius 2 is 1.93 bits per heavy atom. The van der Waals surface area contributed by atoms with Crippen LogP contribution in [0.15, 0.2) is 24.3 Å². The first-order valence-corrected chi connectivity index (χ1v) is 11.3. The molecule has 0 radical (unpaired) electrons. The number of hydrogen-bond acceptors (Lipinski definition) is 5. The number of aliphatic hydroxyl groups excluding tert-OH is 1. The van der Waals surface area contributed by atoms with Gasteiger partial charge in [0.05, 0.1) is 24.4 Å². The summed E-state index contributed by atoms with van der Waals surface area (Å²) in [6.07, 6.45) is 7.71. The van der Waals surface area contributed by atoms with Crippen LogP contribution in [0.3, 0.4) is 0 Å². The minimum atomic E-state index is -0.128. The second-order valence-electron chi connectivity index (χ2n) is 8.08. The predicted octanol–water partition coefficient (Wildman–Crippen LogP) is 4.75. The molecule has 8 heteroatoms. The molecule has 0 spiro atoms. The van der Waals surface area contributed by atoms with E-state index in [0.717, 1.165) is 54.9 Å². The van der Waals surface area contributed by atoms with Crippen LogP contribution in [-0.2, 0) is 13.0 Å². The third kappa shape index (κ3) is 4.01. The van der Waals surface area contributed by atoms with Gasteiger partial charge in [-0.15, -0.1) is 5.10 Å². The third-order valence-electron chi connectivity index (χ3n) is 6.14. The molecule has 1 saturated carbocycles. The topological polar surface area (TPSA) is 81.7 Å². The van der Waals surface area contributed by atoms with E-state index in [1.165, 1.54) is 12.8 Å². The Balaban J connectivity index is 1.62. The Morgan fingerprint density at radius 1 is 1.20 bits per heavy atom. The van der Waals surface area contributed by atoms with Crippen molar-refractivity contribution >= 4 is 11.6 Å². The number of hydrogen-bond donors (Lipinski definition) is 1. The lowest BCUT2D eigenvalue weighted by molar-refractivity contribution is 0.268. The molecule has 1 unspecified atom stereocenters. The number of unbranched alkanes of at least 4 members (excludes halogenated alkanes) is 1. The molecule has 1 aliphatic rings. The molecular weight excluding hydrogens is 400 g/mol. The highest BCUT2D eigenvalue weighted by Gasteiger charge is 2.23. The van der Waals surface area contributed by atoms with E-state index >= 15 is 0 Å². The van der Waals surface area contributed by atoms with E-state index in [2.05, 4.69) is 63.2 Å². The molecule has 30 heavy (non-hydrogen) atoms. The van der Waals surface area contributed by atoms with Crippen LogP contribution in [0.4, 0.5) is 0 Å². The molecule has 7 nitrogen and oxygen atoms in total. The lowest BCUT2D eigenvalue weighted by Gasteiger charge is -2.20. The Kier molecular flexibility index (Phi) is 6.49. The summed E-state index contributed by atoms with van der Waals surface area (Å²) >= 11 is 6.32. The highest BCUT2D eigenvalue weighted by molar-refractivity contribution is 6.30. The Hall–Kier alpha value is -2.25. The first kappa shape index (κ1) is 21.0. The summed E-state index contributed by atoms with van der Waals surface area (Å²) in [5, 5.41) is 22.7. The fourth-order valence-electron chi connectivity index (χ4n) is 4.44. The summed E-state index contributed by atoms with van der Waals surface area (Å²) in [6, 6.07) is 8.77. The number of rotatable bonds is 8. The molecule has 1 atom stereocenters. The molecular formula is C22H29ClN6O. The second-order valence-corrected chi connectivity index (χ2v) is 8.44. The monoisotopic (exact) mass is 428 g/mol. The molecule has 0 saturated heterocycles. The fourth-order valence-corrected chi connectivity index (χ4v) is 4.68. The number of halogens is 1. The van der Waals surface area contributed by atoms with E-state index in [1.807, 2.05) is 4.68 Å². The predicted molar refractivity (Wildman–Crippen MR) is 116 cm³/mol. The fraction of sp³-hybridized carbons (Fsp3) is 0.545. The Morgan fingerprint density at radius 3 is 2.60 bits per heavy atom. The molecule has 1 aromatic carbocycles. The highest BCUT2D eigenvalue weighted by Crippen LogP contribution is 2.33. The summed E-state index contributed by atoms with van der Waals surface area (Å²) in [5.41, 5.74) is 2.81. The minimum absolute atomic E-state index is 0.0129. The van der Waals surface area contributed by atoms with Crippen LogP contribution >= 0.6 is 11.6 Å². The summed E-state index contributed by atoms with van der Waals surface area (Å²) in [7, 11) is 0. The van der Waals surface area contributed by atoms with Crippen molar-refractivity contribution in [1.82, 2.24) is 29.8 Å². The van der Waals surface area contributed by atoms with E-state index in [0.29, 0.717) is 16.9 Å². The van der Waals surface area contributed by atoms with Crippen LogP contribution in [0.25, 0.3) is 11.4 Å². The van der Waals surface area contributed by atoms with Gasteiger partial charge in [0.25, 0.3) is 0 Å². The lowest BCUT2D eigenvalue weighted by Crippen LogP contribution is -2.14. The Bertz CT molecular complexity index is 974. The SMILES string of the molecule is CCCCc1nc(Cl)c(CO)n1C(C)c1ccc(-c2nnnn2C2CCCC2)cc1. The zero-order chi connectivity index (χ0) is 21.1. The van der Waals surface area contributed by atoms with Crippen LogP contribution in [-0.4, -0.2) is 34.9 Å². The van der Waals surface area contributed by atoms with E-state index in [4.69, 9.17) is 11.6 Å². The van der Waals surface area contributed by atoms with Gasteiger partial charge in [-0.2, -0.15) is 0 Å². The van der Waals surface area contributed by atoms with Crippen molar-refractivity contribution < 1.29 is 5.11 Å². The molecule has 0 amide bonds. The number of aryl methyl sites for hydroxylation is 1. The van der Waals surface area contributed by atoms with Gasteiger partial charge in [-0.25, -0.2) is 9.67 Å². The number of imidazole rings is 1. The smallest absolute Gasteiger partial charge is 0.182 e. The van der Waals surface area contributed by atoms with Crippen LogP contribution in [0, 0.1) is 0 Å². The van der Waals surface area contributed by atoms with Gasteiger partial charge in [0.1, 0.15) is 5.82 Å². The first-order valence-electron chi connectivity index (χ1n) is 10.9. The standard InChI is InChI=1S/C22H29ClN6O/c1-3-4-9-20-24-21(23)19(14-30)28(20)15(2)16-10-12-17(13-11-16)22-25-26-27-29(22)18-7-5-6-8-18/h10-13,15,18,30H,3-9,14H2,1-2H3. The van der Waals surface area contributed by atoms with Crippen LogP contribution in [0.1, 0.15) is 81.5 Å². The van der Waals surface area contributed by atoms with Crippen molar-refractivity contribution in [2.45, 2.75) is 77.5 Å². The summed E-state index contributed by atoms with van der Waals surface area (Å²) in [6.45, 7) is 4.14. The molecule has 3 aromatic rings. The number of aromatic nitrogens is 6. The molecule has 2 heterocycles. The number of tetrazole rings is 1. The molecule has 4 rings (SSSR count). The molecule has 1 aliphatic carbocycles. The largest absolute Gasteiger partial charge is 0.390 e. The number of aliphatic hydroxyl groups is 1. The number of benzene rings is 1. The van der Waals surface area contributed by atoms with Gasteiger partial charge in [0, 0.05) is 12.0 Å². The van der Waals surface area contributed by atoms with Crippen molar-refractivity contribution in [3.8, 4) is 11.4 Å². The van der Waals surface area contributed by atoms with Crippen LogP contribution in [0.2, 0.25) is 5.15 Å². The molecule has 0 bridgehead atoms. The van der Waals surface area contributed by atoms with E-state index in [1.54, 1.807) is 0 Å². The van der Waals surface area contributed by atoms with Crippen LogP contribution < -0.4 is 0 Å². The van der Waals surface area contributed by atoms with Gasteiger partial charge in [0.2, 0.25) is 0 Å². The minimum Gasteiger partial charge on any atom is -0.390 e. The maximum absolute atomic E-state index is 9.87. The molecule has 2 aromatic heterocycles. The molecule has 160 valence electrons. The molecule has 1 fully saturated rings.